The zero-order valence-electron chi connectivity index (χ0n) is 27.2. The summed E-state index contributed by atoms with van der Waals surface area (Å²) in [5, 5.41) is 29.9. The number of aliphatic carboxylic acids is 2. The largest absolute Gasteiger partial charge is 0.490 e. The van der Waals surface area contributed by atoms with Crippen LogP contribution in [0.4, 0.5) is 38.0 Å². The highest BCUT2D eigenvalue weighted by atomic mass is 19.4. The van der Waals surface area contributed by atoms with Gasteiger partial charge in [-0.1, -0.05) is 43.2 Å². The Morgan fingerprint density at radius 1 is 0.804 bits per heavy atom. The maximum atomic E-state index is 10.6. The molecule has 3 atom stereocenters. The van der Waals surface area contributed by atoms with Gasteiger partial charge in [0.25, 0.3) is 6.01 Å². The molecule has 1 saturated carbocycles. The van der Waals surface area contributed by atoms with Crippen molar-refractivity contribution < 1.29 is 55.0 Å². The van der Waals surface area contributed by atoms with Crippen LogP contribution in [-0.4, -0.2) is 80.9 Å². The van der Waals surface area contributed by atoms with Gasteiger partial charge in [0.05, 0.1) is 6.20 Å². The molecule has 0 spiro atoms. The summed E-state index contributed by atoms with van der Waals surface area (Å²) in [4.78, 5) is 24.8. The highest BCUT2D eigenvalue weighted by Crippen LogP contribution is 2.28. The number of halogens is 6. The van der Waals surface area contributed by atoms with Crippen LogP contribution in [0.2, 0.25) is 0 Å². The van der Waals surface area contributed by atoms with Gasteiger partial charge in [0.2, 0.25) is 11.8 Å². The minimum absolute atomic E-state index is 0.309. The van der Waals surface area contributed by atoms with E-state index >= 15 is 0 Å². The molecule has 1 aliphatic carbocycles. The number of benzene rings is 2. The normalized spacial score (nSPS) is 19.2. The Labute approximate surface area is 287 Å². The Kier molecular flexibility index (Phi) is 13.0. The van der Waals surface area contributed by atoms with Crippen LogP contribution in [0.25, 0.3) is 22.8 Å². The minimum atomic E-state index is -5.08. The van der Waals surface area contributed by atoms with E-state index in [9.17, 15) is 26.3 Å². The SMILES string of the molecule is Cc1nnc(-c2ccc(N3CCC[C@H](N[C@@H]4CCCC[C@H]4Nc4ncc(-c5ccccc5)o4)C3)cc2)o1.O=C(O)C(F)(F)F.O=C(O)C(F)(F)F. The van der Waals surface area contributed by atoms with Crippen molar-refractivity contribution in [2.45, 2.75) is 75.9 Å². The lowest BCUT2D eigenvalue weighted by Crippen LogP contribution is -2.54. The predicted molar refractivity (Wildman–Crippen MR) is 172 cm³/mol. The summed E-state index contributed by atoms with van der Waals surface area (Å²) in [6, 6.07) is 20.4. The molecule has 0 bridgehead atoms. The Morgan fingerprint density at radius 3 is 1.98 bits per heavy atom. The molecule has 276 valence electrons. The molecule has 1 saturated heterocycles. The standard InChI is InChI=1S/C29H34N6O2.2C2HF3O2/c1-20-33-34-28(36-20)22-13-15-24(16-14-22)35-17-7-10-23(19-35)31-25-11-5-6-12-26(25)32-29-30-18-27(37-29)21-8-3-2-4-9-21;2*3-2(4,5)1(6)7/h2-4,8-9,13-16,18,23,25-26,31H,5-7,10-12,17,19H2,1H3,(H,30,32);2*(H,6,7)/t23-,25+,26+;;/m0../s1. The fraction of sp³-hybridized carbons (Fsp3) is 0.424. The number of rotatable bonds is 7. The number of nitrogens with zero attached hydrogens (tertiary/aromatic N) is 4. The van der Waals surface area contributed by atoms with Crippen molar-refractivity contribution in [3.05, 3.63) is 66.7 Å². The first-order valence-electron chi connectivity index (χ1n) is 15.9. The molecule has 2 aliphatic rings. The molecule has 0 radical (unpaired) electrons. The molecule has 12 nitrogen and oxygen atoms in total. The van der Waals surface area contributed by atoms with Crippen LogP contribution in [-0.2, 0) is 9.59 Å². The molecule has 4 N–H and O–H groups in total. The monoisotopic (exact) mass is 726 g/mol. The number of alkyl halides is 6. The van der Waals surface area contributed by atoms with Crippen LogP contribution < -0.4 is 15.5 Å². The lowest BCUT2D eigenvalue weighted by molar-refractivity contribution is -0.193. The number of hydrogen-bond donors (Lipinski definition) is 4. The van der Waals surface area contributed by atoms with Crippen LogP contribution in [0, 0.1) is 6.92 Å². The van der Waals surface area contributed by atoms with Gasteiger partial charge in [0, 0.05) is 55.0 Å². The summed E-state index contributed by atoms with van der Waals surface area (Å²) >= 11 is 0. The summed E-state index contributed by atoms with van der Waals surface area (Å²) in [6.45, 7) is 3.88. The molecular weight excluding hydrogens is 690 g/mol. The second-order valence-corrected chi connectivity index (χ2v) is 11.8. The Morgan fingerprint density at radius 2 is 1.41 bits per heavy atom. The summed E-state index contributed by atoms with van der Waals surface area (Å²) in [5.74, 6) is -3.56. The number of carboxylic acid groups (broad SMARTS) is 2. The smallest absolute Gasteiger partial charge is 0.475 e. The Hall–Kier alpha value is -5.13. The maximum Gasteiger partial charge on any atom is 0.490 e. The lowest BCUT2D eigenvalue weighted by atomic mass is 9.89. The molecule has 51 heavy (non-hydrogen) atoms. The van der Waals surface area contributed by atoms with Crippen LogP contribution in [0.1, 0.15) is 44.4 Å². The van der Waals surface area contributed by atoms with E-state index in [0.29, 0.717) is 35.9 Å². The Balaban J connectivity index is 0.000000353. The molecule has 18 heteroatoms. The van der Waals surface area contributed by atoms with Crippen LogP contribution in [0.5, 0.6) is 0 Å². The zero-order valence-corrected chi connectivity index (χ0v) is 27.2. The minimum Gasteiger partial charge on any atom is -0.475 e. The molecule has 2 aromatic carbocycles. The number of oxazole rings is 1. The maximum absolute atomic E-state index is 10.6. The molecule has 6 rings (SSSR count). The summed E-state index contributed by atoms with van der Waals surface area (Å²) in [5.41, 5.74) is 3.23. The van der Waals surface area contributed by atoms with Gasteiger partial charge in [-0.05, 0) is 49.9 Å². The van der Waals surface area contributed by atoms with Crippen molar-refractivity contribution >= 4 is 23.6 Å². The van der Waals surface area contributed by atoms with Gasteiger partial charge in [-0.3, -0.25) is 0 Å². The van der Waals surface area contributed by atoms with E-state index < -0.39 is 24.3 Å². The lowest BCUT2D eigenvalue weighted by Gasteiger charge is -2.40. The molecule has 2 aromatic heterocycles. The topological polar surface area (TPSA) is 167 Å². The first-order valence-corrected chi connectivity index (χ1v) is 15.9. The third-order valence-electron chi connectivity index (χ3n) is 8.00. The number of piperidine rings is 1. The summed E-state index contributed by atoms with van der Waals surface area (Å²) in [7, 11) is 0. The molecule has 3 heterocycles. The molecule has 2 fully saturated rings. The summed E-state index contributed by atoms with van der Waals surface area (Å²) in [6.07, 6.45) is -1.22. The number of anilines is 2. The van der Waals surface area contributed by atoms with Gasteiger partial charge in [0.15, 0.2) is 5.76 Å². The van der Waals surface area contributed by atoms with Crippen molar-refractivity contribution in [1.82, 2.24) is 20.5 Å². The van der Waals surface area contributed by atoms with E-state index in [1.54, 1.807) is 0 Å². The Bertz CT molecular complexity index is 1670. The highest BCUT2D eigenvalue weighted by Gasteiger charge is 2.39. The fourth-order valence-corrected chi connectivity index (χ4v) is 5.62. The third-order valence-corrected chi connectivity index (χ3v) is 8.00. The van der Waals surface area contributed by atoms with Gasteiger partial charge in [-0.15, -0.1) is 10.2 Å². The van der Waals surface area contributed by atoms with Gasteiger partial charge < -0.3 is 34.6 Å². The third kappa shape index (κ3) is 11.7. The van der Waals surface area contributed by atoms with Crippen molar-refractivity contribution in [2.24, 2.45) is 0 Å². The van der Waals surface area contributed by atoms with Crippen LogP contribution >= 0.6 is 0 Å². The van der Waals surface area contributed by atoms with Crippen LogP contribution in [0.3, 0.4) is 0 Å². The second-order valence-electron chi connectivity index (χ2n) is 11.8. The van der Waals surface area contributed by atoms with Gasteiger partial charge in [-0.25, -0.2) is 14.6 Å². The van der Waals surface area contributed by atoms with E-state index in [1.807, 2.05) is 43.5 Å². The number of hydrogen-bond acceptors (Lipinski definition) is 10. The molecule has 0 unspecified atom stereocenters. The number of aryl methyl sites for hydroxylation is 1. The van der Waals surface area contributed by atoms with E-state index in [1.165, 1.54) is 37.8 Å². The second kappa shape index (κ2) is 17.2. The highest BCUT2D eigenvalue weighted by molar-refractivity contribution is 5.73. The van der Waals surface area contributed by atoms with E-state index in [0.717, 1.165) is 36.4 Å². The van der Waals surface area contributed by atoms with E-state index in [4.69, 9.17) is 28.6 Å². The summed E-state index contributed by atoms with van der Waals surface area (Å²) < 4.78 is 75.1. The zero-order chi connectivity index (χ0) is 37.2. The first-order chi connectivity index (χ1) is 24.1. The molecule has 1 aliphatic heterocycles. The molecular formula is C33H36F6N6O6. The first kappa shape index (κ1) is 38.7. The van der Waals surface area contributed by atoms with Crippen molar-refractivity contribution in [3.8, 4) is 22.8 Å². The number of aromatic nitrogens is 3. The quantitative estimate of drug-likeness (QED) is 0.145. The average Bonchev–Trinajstić information content (AvgIpc) is 3.75. The fourth-order valence-electron chi connectivity index (χ4n) is 5.62. The number of nitrogens with one attached hydrogen (secondary N) is 2. The van der Waals surface area contributed by atoms with E-state index in [2.05, 4.69) is 55.0 Å². The van der Waals surface area contributed by atoms with Gasteiger partial charge >= 0.3 is 24.3 Å². The van der Waals surface area contributed by atoms with E-state index in [-0.39, 0.29) is 0 Å². The number of carbonyl (C=O) groups is 2. The van der Waals surface area contributed by atoms with Crippen molar-refractivity contribution in [2.75, 3.05) is 23.3 Å². The number of carboxylic acids is 2. The van der Waals surface area contributed by atoms with Crippen LogP contribution in [0.15, 0.2) is 69.6 Å². The van der Waals surface area contributed by atoms with Gasteiger partial charge in [0.1, 0.15) is 0 Å². The van der Waals surface area contributed by atoms with Crippen molar-refractivity contribution in [3.63, 3.8) is 0 Å². The molecule has 0 amide bonds. The van der Waals surface area contributed by atoms with Gasteiger partial charge in [-0.2, -0.15) is 26.3 Å². The van der Waals surface area contributed by atoms with Crippen molar-refractivity contribution in [1.29, 1.82) is 0 Å². The predicted octanol–water partition coefficient (Wildman–Crippen LogP) is 6.95. The average molecular weight is 727 g/mol. The molecule has 4 aromatic rings.